The standard InChI is InChI=1S/C22H21F3N4O3/c1-2-32-21(31)14-8-10-28(11-9-14)20(30)16-6-7-18-26-27-19(29(18)13-16)15-4-3-5-17(12-15)22(23,24)25/h3-7,12-14H,2,8-11H2,1H3. The molecule has 1 aliphatic heterocycles. The Morgan fingerprint density at radius 3 is 2.56 bits per heavy atom. The minimum atomic E-state index is -4.48. The molecule has 0 atom stereocenters. The van der Waals surface area contributed by atoms with Gasteiger partial charge in [-0.15, -0.1) is 10.2 Å². The van der Waals surface area contributed by atoms with Gasteiger partial charge in [-0.1, -0.05) is 12.1 Å². The number of halogens is 3. The third kappa shape index (κ3) is 4.30. The summed E-state index contributed by atoms with van der Waals surface area (Å²) in [6, 6.07) is 8.03. The summed E-state index contributed by atoms with van der Waals surface area (Å²) < 4.78 is 45.9. The zero-order valence-electron chi connectivity index (χ0n) is 17.3. The number of carbonyl (C=O) groups excluding carboxylic acids is 2. The minimum Gasteiger partial charge on any atom is -0.466 e. The predicted octanol–water partition coefficient (Wildman–Crippen LogP) is 3.83. The molecule has 168 valence electrons. The topological polar surface area (TPSA) is 76.8 Å². The number of amides is 1. The van der Waals surface area contributed by atoms with Crippen molar-refractivity contribution < 1.29 is 27.5 Å². The largest absolute Gasteiger partial charge is 0.466 e. The first kappa shape index (κ1) is 21.8. The number of aromatic nitrogens is 3. The SMILES string of the molecule is CCOC(=O)C1CCN(C(=O)c2ccc3nnc(-c4cccc(C(F)(F)F)c4)n3c2)CC1. The highest BCUT2D eigenvalue weighted by Gasteiger charge is 2.31. The maximum absolute atomic E-state index is 13.1. The molecule has 32 heavy (non-hydrogen) atoms. The molecule has 1 aliphatic rings. The first-order chi connectivity index (χ1) is 15.3. The maximum Gasteiger partial charge on any atom is 0.416 e. The van der Waals surface area contributed by atoms with Crippen LogP contribution in [0.25, 0.3) is 17.0 Å². The number of hydrogen-bond acceptors (Lipinski definition) is 5. The van der Waals surface area contributed by atoms with E-state index >= 15 is 0 Å². The van der Waals surface area contributed by atoms with Crippen molar-refractivity contribution in [3.05, 3.63) is 53.7 Å². The number of ether oxygens (including phenoxy) is 1. The lowest BCUT2D eigenvalue weighted by Gasteiger charge is -2.30. The van der Waals surface area contributed by atoms with Gasteiger partial charge in [-0.2, -0.15) is 13.2 Å². The van der Waals surface area contributed by atoms with Gasteiger partial charge in [0, 0.05) is 24.8 Å². The van der Waals surface area contributed by atoms with Crippen molar-refractivity contribution >= 4 is 17.5 Å². The summed E-state index contributed by atoms with van der Waals surface area (Å²) in [4.78, 5) is 26.6. The monoisotopic (exact) mass is 446 g/mol. The average Bonchev–Trinajstić information content (AvgIpc) is 3.22. The lowest BCUT2D eigenvalue weighted by molar-refractivity contribution is -0.149. The molecular weight excluding hydrogens is 425 g/mol. The molecule has 0 radical (unpaired) electrons. The van der Waals surface area contributed by atoms with Crippen molar-refractivity contribution in [1.82, 2.24) is 19.5 Å². The number of pyridine rings is 1. The normalized spacial score (nSPS) is 15.2. The van der Waals surface area contributed by atoms with Crippen LogP contribution in [0.2, 0.25) is 0 Å². The fourth-order valence-corrected chi connectivity index (χ4v) is 3.81. The molecule has 0 bridgehead atoms. The Kier molecular flexibility index (Phi) is 5.86. The van der Waals surface area contributed by atoms with Gasteiger partial charge in [0.25, 0.3) is 5.91 Å². The number of esters is 1. The van der Waals surface area contributed by atoms with Gasteiger partial charge in [0.2, 0.25) is 0 Å². The van der Waals surface area contributed by atoms with E-state index < -0.39 is 11.7 Å². The van der Waals surface area contributed by atoms with E-state index in [2.05, 4.69) is 10.2 Å². The lowest BCUT2D eigenvalue weighted by atomic mass is 9.96. The first-order valence-electron chi connectivity index (χ1n) is 10.3. The fourth-order valence-electron chi connectivity index (χ4n) is 3.81. The van der Waals surface area contributed by atoms with Crippen LogP contribution >= 0.6 is 0 Å². The van der Waals surface area contributed by atoms with Crippen LogP contribution in [0, 0.1) is 5.92 Å². The second kappa shape index (κ2) is 8.60. The van der Waals surface area contributed by atoms with E-state index in [1.165, 1.54) is 22.7 Å². The number of rotatable bonds is 4. The first-order valence-corrected chi connectivity index (χ1v) is 10.3. The van der Waals surface area contributed by atoms with E-state index in [1.807, 2.05) is 0 Å². The van der Waals surface area contributed by atoms with E-state index in [9.17, 15) is 22.8 Å². The molecule has 10 heteroatoms. The van der Waals surface area contributed by atoms with Gasteiger partial charge in [0.05, 0.1) is 23.7 Å². The summed E-state index contributed by atoms with van der Waals surface area (Å²) in [7, 11) is 0. The minimum absolute atomic E-state index is 0.210. The lowest BCUT2D eigenvalue weighted by Crippen LogP contribution is -2.40. The van der Waals surface area contributed by atoms with E-state index in [0.29, 0.717) is 43.7 Å². The van der Waals surface area contributed by atoms with Gasteiger partial charge in [-0.05, 0) is 44.0 Å². The van der Waals surface area contributed by atoms with Crippen LogP contribution < -0.4 is 0 Å². The van der Waals surface area contributed by atoms with E-state index in [-0.39, 0.29) is 29.2 Å². The molecule has 1 saturated heterocycles. The Morgan fingerprint density at radius 2 is 1.88 bits per heavy atom. The molecule has 0 unspecified atom stereocenters. The molecule has 7 nitrogen and oxygen atoms in total. The predicted molar refractivity (Wildman–Crippen MR) is 109 cm³/mol. The molecule has 0 aliphatic carbocycles. The third-order valence-corrected chi connectivity index (χ3v) is 5.50. The van der Waals surface area contributed by atoms with Gasteiger partial charge in [0.1, 0.15) is 0 Å². The molecular formula is C22H21F3N4O3. The Balaban J connectivity index is 1.57. The third-order valence-electron chi connectivity index (χ3n) is 5.50. The van der Waals surface area contributed by atoms with Crippen LogP contribution in [0.3, 0.4) is 0 Å². The van der Waals surface area contributed by atoms with Crippen molar-refractivity contribution in [2.45, 2.75) is 25.9 Å². The highest BCUT2D eigenvalue weighted by molar-refractivity contribution is 5.94. The summed E-state index contributed by atoms with van der Waals surface area (Å²) >= 11 is 0. The van der Waals surface area contributed by atoms with Crippen molar-refractivity contribution in [1.29, 1.82) is 0 Å². The van der Waals surface area contributed by atoms with E-state index in [4.69, 9.17) is 4.74 Å². The zero-order valence-corrected chi connectivity index (χ0v) is 17.3. The van der Waals surface area contributed by atoms with Gasteiger partial charge < -0.3 is 9.64 Å². The van der Waals surface area contributed by atoms with Crippen molar-refractivity contribution in [3.8, 4) is 11.4 Å². The molecule has 1 fully saturated rings. The summed E-state index contributed by atoms with van der Waals surface area (Å²) in [6.07, 6.45) is -1.90. The van der Waals surface area contributed by atoms with Crippen LogP contribution in [0.5, 0.6) is 0 Å². The van der Waals surface area contributed by atoms with Crippen molar-refractivity contribution in [2.75, 3.05) is 19.7 Å². The summed E-state index contributed by atoms with van der Waals surface area (Å²) in [6.45, 7) is 2.92. The van der Waals surface area contributed by atoms with Crippen LogP contribution in [-0.4, -0.2) is 51.1 Å². The van der Waals surface area contributed by atoms with Crippen LogP contribution in [0.1, 0.15) is 35.7 Å². The molecule has 0 N–H and O–H groups in total. The highest BCUT2D eigenvalue weighted by atomic mass is 19.4. The van der Waals surface area contributed by atoms with Gasteiger partial charge in [-0.3, -0.25) is 14.0 Å². The quantitative estimate of drug-likeness (QED) is 0.570. The molecule has 3 heterocycles. The number of piperidine rings is 1. The number of nitrogens with zero attached hydrogens (tertiary/aromatic N) is 4. The maximum atomic E-state index is 13.1. The van der Waals surface area contributed by atoms with E-state index in [1.54, 1.807) is 24.0 Å². The van der Waals surface area contributed by atoms with Crippen molar-refractivity contribution in [3.63, 3.8) is 0 Å². The molecule has 3 aromatic rings. The van der Waals surface area contributed by atoms with Crippen LogP contribution in [0.4, 0.5) is 13.2 Å². The number of fused-ring (bicyclic) bond motifs is 1. The Labute approximate surface area is 181 Å². The van der Waals surface area contributed by atoms with E-state index in [0.717, 1.165) is 12.1 Å². The number of alkyl halides is 3. The fraction of sp³-hybridized carbons (Fsp3) is 0.364. The number of hydrogen-bond donors (Lipinski definition) is 0. The molecule has 2 aromatic heterocycles. The van der Waals surface area contributed by atoms with Crippen LogP contribution in [-0.2, 0) is 15.7 Å². The second-order valence-corrected chi connectivity index (χ2v) is 7.57. The van der Waals surface area contributed by atoms with Crippen LogP contribution in [0.15, 0.2) is 42.6 Å². The smallest absolute Gasteiger partial charge is 0.416 e. The zero-order chi connectivity index (χ0) is 22.9. The summed E-state index contributed by atoms with van der Waals surface area (Å²) in [5.41, 5.74) is 0.228. The highest BCUT2D eigenvalue weighted by Crippen LogP contribution is 2.32. The van der Waals surface area contributed by atoms with Gasteiger partial charge in [-0.25, -0.2) is 0 Å². The molecule has 0 spiro atoms. The summed E-state index contributed by atoms with van der Waals surface area (Å²) in [5, 5.41) is 8.02. The average molecular weight is 446 g/mol. The molecule has 4 rings (SSSR count). The Bertz CT molecular complexity index is 1150. The van der Waals surface area contributed by atoms with Gasteiger partial charge >= 0.3 is 12.1 Å². The Morgan fingerprint density at radius 1 is 1.12 bits per heavy atom. The number of carbonyl (C=O) groups is 2. The Hall–Kier alpha value is -3.43. The summed E-state index contributed by atoms with van der Waals surface area (Å²) in [5.74, 6) is -0.470. The molecule has 1 aromatic carbocycles. The van der Waals surface area contributed by atoms with Gasteiger partial charge in [0.15, 0.2) is 11.5 Å². The number of likely N-dealkylation sites (tertiary alicyclic amines) is 1. The molecule has 1 amide bonds. The second-order valence-electron chi connectivity index (χ2n) is 7.57. The molecule has 0 saturated carbocycles. The van der Waals surface area contributed by atoms with Crippen molar-refractivity contribution in [2.24, 2.45) is 5.92 Å². The number of benzene rings is 1.